The maximum absolute atomic E-state index is 11.3. The van der Waals surface area contributed by atoms with E-state index in [9.17, 15) is 4.79 Å². The highest BCUT2D eigenvalue weighted by Crippen LogP contribution is 2.15. The first-order valence-electron chi connectivity index (χ1n) is 6.50. The minimum absolute atomic E-state index is 0.359. The summed E-state index contributed by atoms with van der Waals surface area (Å²) in [5, 5.41) is 0. The van der Waals surface area contributed by atoms with E-state index in [0.717, 1.165) is 11.3 Å². The van der Waals surface area contributed by atoms with Gasteiger partial charge >= 0.3 is 5.97 Å². The molecule has 0 aliphatic rings. The molecule has 0 spiro atoms. The van der Waals surface area contributed by atoms with E-state index in [2.05, 4.69) is 9.72 Å². The molecule has 0 saturated carbocycles. The second-order valence-corrected chi connectivity index (χ2v) is 4.50. The molecule has 0 bridgehead atoms. The van der Waals surface area contributed by atoms with Gasteiger partial charge < -0.3 is 13.9 Å². The number of ether oxygens (including phenoxy) is 2. The Labute approximate surface area is 121 Å². The van der Waals surface area contributed by atoms with Crippen LogP contribution in [0, 0.1) is 0 Å². The van der Waals surface area contributed by atoms with Crippen LogP contribution in [-0.4, -0.2) is 22.5 Å². The van der Waals surface area contributed by atoms with E-state index in [4.69, 9.17) is 4.74 Å². The quantitative estimate of drug-likeness (QED) is 0.690. The van der Waals surface area contributed by atoms with Gasteiger partial charge in [0, 0.05) is 12.4 Å². The maximum Gasteiger partial charge on any atom is 0.337 e. The second kappa shape index (κ2) is 5.66. The first kappa shape index (κ1) is 13.2. The molecule has 2 aromatic heterocycles. The topological polar surface area (TPSA) is 52.8 Å². The summed E-state index contributed by atoms with van der Waals surface area (Å²) in [6.07, 6.45) is 3.87. The molecular weight excluding hydrogens is 268 g/mol. The van der Waals surface area contributed by atoms with Crippen molar-refractivity contribution < 1.29 is 14.3 Å². The van der Waals surface area contributed by atoms with Crippen molar-refractivity contribution in [2.75, 3.05) is 7.11 Å². The van der Waals surface area contributed by atoms with Gasteiger partial charge in [-0.1, -0.05) is 6.07 Å². The molecule has 0 unspecified atom stereocenters. The number of imidazole rings is 1. The van der Waals surface area contributed by atoms with Crippen LogP contribution in [0.4, 0.5) is 0 Å². The van der Waals surface area contributed by atoms with Crippen molar-refractivity contribution in [3.63, 3.8) is 0 Å². The van der Waals surface area contributed by atoms with Crippen molar-refractivity contribution >= 4 is 11.6 Å². The predicted molar refractivity (Wildman–Crippen MR) is 77.3 cm³/mol. The first-order valence-corrected chi connectivity index (χ1v) is 6.50. The molecule has 0 fully saturated rings. The SMILES string of the molecule is COC(=O)c1ccc(OCc2cn3ccccc3n2)cc1. The number of hydrogen-bond acceptors (Lipinski definition) is 4. The number of carbonyl (C=O) groups is 1. The zero-order chi connectivity index (χ0) is 14.7. The van der Waals surface area contributed by atoms with Crippen LogP contribution in [0.5, 0.6) is 5.75 Å². The molecule has 2 heterocycles. The van der Waals surface area contributed by atoms with Gasteiger partial charge in [0.15, 0.2) is 0 Å². The van der Waals surface area contributed by atoms with Crippen molar-refractivity contribution in [3.05, 3.63) is 66.1 Å². The van der Waals surface area contributed by atoms with E-state index in [1.54, 1.807) is 24.3 Å². The summed E-state index contributed by atoms with van der Waals surface area (Å²) in [5.74, 6) is 0.321. The summed E-state index contributed by atoms with van der Waals surface area (Å²) in [6, 6.07) is 12.7. The summed E-state index contributed by atoms with van der Waals surface area (Å²) >= 11 is 0. The molecule has 5 nitrogen and oxygen atoms in total. The monoisotopic (exact) mass is 282 g/mol. The van der Waals surface area contributed by atoms with Gasteiger partial charge in [0.05, 0.1) is 18.4 Å². The lowest BCUT2D eigenvalue weighted by Crippen LogP contribution is -2.01. The van der Waals surface area contributed by atoms with Crippen LogP contribution in [0.3, 0.4) is 0 Å². The van der Waals surface area contributed by atoms with E-state index < -0.39 is 0 Å². The molecule has 0 saturated heterocycles. The van der Waals surface area contributed by atoms with Gasteiger partial charge in [-0.25, -0.2) is 9.78 Å². The van der Waals surface area contributed by atoms with Gasteiger partial charge in [0.1, 0.15) is 18.0 Å². The van der Waals surface area contributed by atoms with E-state index in [-0.39, 0.29) is 5.97 Å². The van der Waals surface area contributed by atoms with Crippen LogP contribution in [0.15, 0.2) is 54.9 Å². The third-order valence-electron chi connectivity index (χ3n) is 3.08. The zero-order valence-corrected chi connectivity index (χ0v) is 11.5. The number of rotatable bonds is 4. The highest BCUT2D eigenvalue weighted by Gasteiger charge is 2.05. The second-order valence-electron chi connectivity index (χ2n) is 4.50. The fourth-order valence-corrected chi connectivity index (χ4v) is 2.02. The first-order chi connectivity index (χ1) is 10.3. The summed E-state index contributed by atoms with van der Waals surface area (Å²) in [7, 11) is 1.36. The standard InChI is InChI=1S/C16H14N2O3/c1-20-16(19)12-5-7-14(8-6-12)21-11-13-10-18-9-3-2-4-15(18)17-13/h2-10H,11H2,1H3. The van der Waals surface area contributed by atoms with Crippen molar-refractivity contribution in [2.24, 2.45) is 0 Å². The van der Waals surface area contributed by atoms with Gasteiger partial charge in [-0.2, -0.15) is 0 Å². The number of pyridine rings is 1. The third-order valence-corrected chi connectivity index (χ3v) is 3.08. The average molecular weight is 282 g/mol. The number of aromatic nitrogens is 2. The highest BCUT2D eigenvalue weighted by atomic mass is 16.5. The molecule has 3 aromatic rings. The Morgan fingerprint density at radius 2 is 2.00 bits per heavy atom. The fraction of sp³-hybridized carbons (Fsp3) is 0.125. The maximum atomic E-state index is 11.3. The number of methoxy groups -OCH3 is 1. The van der Waals surface area contributed by atoms with Crippen LogP contribution in [0.1, 0.15) is 16.1 Å². The molecule has 0 radical (unpaired) electrons. The molecule has 1 aromatic carbocycles. The van der Waals surface area contributed by atoms with Crippen LogP contribution in [0.2, 0.25) is 0 Å². The number of benzene rings is 1. The average Bonchev–Trinajstić information content (AvgIpc) is 2.95. The summed E-state index contributed by atoms with van der Waals surface area (Å²) in [6.45, 7) is 0.374. The Balaban J connectivity index is 1.68. The molecule has 0 aliphatic carbocycles. The number of esters is 1. The molecule has 106 valence electrons. The van der Waals surface area contributed by atoms with Gasteiger partial charge in [-0.05, 0) is 36.4 Å². The fourth-order valence-electron chi connectivity index (χ4n) is 2.02. The van der Waals surface area contributed by atoms with E-state index in [1.165, 1.54) is 7.11 Å². The number of carbonyl (C=O) groups excluding carboxylic acids is 1. The summed E-state index contributed by atoms with van der Waals surface area (Å²) < 4.78 is 12.3. The van der Waals surface area contributed by atoms with Crippen LogP contribution >= 0.6 is 0 Å². The summed E-state index contributed by atoms with van der Waals surface area (Å²) in [5.41, 5.74) is 2.23. The van der Waals surface area contributed by atoms with Gasteiger partial charge in [0.2, 0.25) is 0 Å². The van der Waals surface area contributed by atoms with Crippen molar-refractivity contribution in [1.29, 1.82) is 0 Å². The largest absolute Gasteiger partial charge is 0.487 e. The van der Waals surface area contributed by atoms with Gasteiger partial charge in [-0.15, -0.1) is 0 Å². The molecular formula is C16H14N2O3. The lowest BCUT2D eigenvalue weighted by molar-refractivity contribution is 0.0600. The smallest absolute Gasteiger partial charge is 0.337 e. The lowest BCUT2D eigenvalue weighted by Gasteiger charge is -2.04. The Morgan fingerprint density at radius 3 is 2.71 bits per heavy atom. The molecule has 5 heteroatoms. The van der Waals surface area contributed by atoms with E-state index in [1.807, 2.05) is 35.0 Å². The van der Waals surface area contributed by atoms with Crippen molar-refractivity contribution in [2.45, 2.75) is 6.61 Å². The lowest BCUT2D eigenvalue weighted by atomic mass is 10.2. The van der Waals surface area contributed by atoms with Crippen LogP contribution in [-0.2, 0) is 11.3 Å². The van der Waals surface area contributed by atoms with E-state index in [0.29, 0.717) is 17.9 Å². The summed E-state index contributed by atoms with van der Waals surface area (Å²) in [4.78, 5) is 15.8. The molecule has 0 N–H and O–H groups in total. The zero-order valence-electron chi connectivity index (χ0n) is 11.5. The Bertz CT molecular complexity index is 730. The third kappa shape index (κ3) is 2.86. The van der Waals surface area contributed by atoms with E-state index >= 15 is 0 Å². The Morgan fingerprint density at radius 1 is 1.19 bits per heavy atom. The minimum atomic E-state index is -0.359. The Hall–Kier alpha value is -2.82. The molecule has 0 amide bonds. The highest BCUT2D eigenvalue weighted by molar-refractivity contribution is 5.89. The predicted octanol–water partition coefficient (Wildman–Crippen LogP) is 2.70. The number of hydrogen-bond donors (Lipinski definition) is 0. The normalized spacial score (nSPS) is 10.5. The van der Waals surface area contributed by atoms with Crippen molar-refractivity contribution in [1.82, 2.24) is 9.38 Å². The molecule has 0 aliphatic heterocycles. The molecule has 0 atom stereocenters. The van der Waals surface area contributed by atoms with Gasteiger partial charge in [0.25, 0.3) is 0 Å². The van der Waals surface area contributed by atoms with Gasteiger partial charge in [-0.3, -0.25) is 0 Å². The Kier molecular flexibility index (Phi) is 3.55. The molecule has 21 heavy (non-hydrogen) atoms. The van der Waals surface area contributed by atoms with Crippen LogP contribution < -0.4 is 4.74 Å². The number of fused-ring (bicyclic) bond motifs is 1. The minimum Gasteiger partial charge on any atom is -0.487 e. The van der Waals surface area contributed by atoms with Crippen LogP contribution in [0.25, 0.3) is 5.65 Å². The molecule has 3 rings (SSSR count). The van der Waals surface area contributed by atoms with Crippen molar-refractivity contribution in [3.8, 4) is 5.75 Å². The number of nitrogens with zero attached hydrogens (tertiary/aromatic N) is 2.